The van der Waals surface area contributed by atoms with Crippen molar-refractivity contribution in [2.75, 3.05) is 0 Å². The van der Waals surface area contributed by atoms with E-state index in [-0.39, 0.29) is 12.3 Å². The fourth-order valence-corrected chi connectivity index (χ4v) is 1.49. The Morgan fingerprint density at radius 1 is 1.47 bits per heavy atom. The maximum atomic E-state index is 11.9. The van der Waals surface area contributed by atoms with Gasteiger partial charge in [-0.3, -0.25) is 14.6 Å². The molecule has 2 N–H and O–H groups in total. The van der Waals surface area contributed by atoms with Gasteiger partial charge in [0.25, 0.3) is 5.91 Å². The first kappa shape index (κ1) is 13.2. The standard InChI is InChI=1S/C12H16N2O3/c1-8-6-9(4-5-13-8)11(17)14-12(2,3)7-10(15)16/h4-6H,7H2,1-3H3,(H,14,17)(H,15,16). The van der Waals surface area contributed by atoms with Gasteiger partial charge in [0.1, 0.15) is 0 Å². The van der Waals surface area contributed by atoms with Crippen LogP contribution < -0.4 is 5.32 Å². The molecule has 0 saturated carbocycles. The van der Waals surface area contributed by atoms with Crippen molar-refractivity contribution in [3.05, 3.63) is 29.6 Å². The van der Waals surface area contributed by atoms with Crippen LogP contribution >= 0.6 is 0 Å². The second-order valence-electron chi connectivity index (χ2n) is 4.59. The summed E-state index contributed by atoms with van der Waals surface area (Å²) in [6.07, 6.45) is 1.43. The first-order chi connectivity index (χ1) is 7.80. The van der Waals surface area contributed by atoms with E-state index in [9.17, 15) is 9.59 Å². The number of carbonyl (C=O) groups excluding carboxylic acids is 1. The molecule has 0 aliphatic heterocycles. The van der Waals surface area contributed by atoms with Gasteiger partial charge in [0.05, 0.1) is 6.42 Å². The lowest BCUT2D eigenvalue weighted by molar-refractivity contribution is -0.138. The minimum atomic E-state index is -0.943. The zero-order valence-electron chi connectivity index (χ0n) is 10.2. The number of carboxylic acid groups (broad SMARTS) is 1. The monoisotopic (exact) mass is 236 g/mol. The van der Waals surface area contributed by atoms with E-state index in [1.54, 1.807) is 39.1 Å². The van der Waals surface area contributed by atoms with Gasteiger partial charge in [-0.2, -0.15) is 0 Å². The smallest absolute Gasteiger partial charge is 0.305 e. The van der Waals surface area contributed by atoms with Crippen LogP contribution in [0.25, 0.3) is 0 Å². The number of aliphatic carboxylic acids is 1. The molecule has 0 aliphatic carbocycles. The highest BCUT2D eigenvalue weighted by atomic mass is 16.4. The third-order valence-electron chi connectivity index (χ3n) is 2.20. The van der Waals surface area contributed by atoms with Gasteiger partial charge in [-0.15, -0.1) is 0 Å². The normalized spacial score (nSPS) is 11.0. The Labute approximate surface area is 99.9 Å². The molecule has 0 radical (unpaired) electrons. The lowest BCUT2D eigenvalue weighted by Crippen LogP contribution is -2.44. The number of carboxylic acids is 1. The Hall–Kier alpha value is -1.91. The van der Waals surface area contributed by atoms with E-state index >= 15 is 0 Å². The summed E-state index contributed by atoms with van der Waals surface area (Å²) in [6.45, 7) is 5.14. The summed E-state index contributed by atoms with van der Waals surface area (Å²) in [5.74, 6) is -1.23. The number of aryl methyl sites for hydroxylation is 1. The van der Waals surface area contributed by atoms with E-state index in [4.69, 9.17) is 5.11 Å². The van der Waals surface area contributed by atoms with Crippen molar-refractivity contribution in [3.8, 4) is 0 Å². The molecule has 1 aromatic rings. The summed E-state index contributed by atoms with van der Waals surface area (Å²) < 4.78 is 0. The van der Waals surface area contributed by atoms with Crippen LogP contribution in [0, 0.1) is 6.92 Å². The summed E-state index contributed by atoms with van der Waals surface area (Å²) in [4.78, 5) is 26.5. The van der Waals surface area contributed by atoms with Crippen LogP contribution in [-0.4, -0.2) is 27.5 Å². The fourth-order valence-electron chi connectivity index (χ4n) is 1.49. The molecular formula is C12H16N2O3. The Morgan fingerprint density at radius 3 is 2.65 bits per heavy atom. The van der Waals surface area contributed by atoms with Gasteiger partial charge in [0.15, 0.2) is 0 Å². The van der Waals surface area contributed by atoms with Crippen molar-refractivity contribution in [3.63, 3.8) is 0 Å². The number of aromatic nitrogens is 1. The van der Waals surface area contributed by atoms with Crippen molar-refractivity contribution in [1.29, 1.82) is 0 Å². The number of carbonyl (C=O) groups is 2. The molecule has 5 nitrogen and oxygen atoms in total. The second-order valence-corrected chi connectivity index (χ2v) is 4.59. The molecule has 0 spiro atoms. The molecule has 1 aromatic heterocycles. The van der Waals surface area contributed by atoms with E-state index in [0.29, 0.717) is 5.56 Å². The highest BCUT2D eigenvalue weighted by Gasteiger charge is 2.24. The van der Waals surface area contributed by atoms with Crippen LogP contribution in [-0.2, 0) is 4.79 Å². The lowest BCUT2D eigenvalue weighted by Gasteiger charge is -2.24. The summed E-state index contributed by atoms with van der Waals surface area (Å²) >= 11 is 0. The maximum Gasteiger partial charge on any atom is 0.305 e. The van der Waals surface area contributed by atoms with Gasteiger partial charge < -0.3 is 10.4 Å². The number of nitrogens with one attached hydrogen (secondary N) is 1. The fraction of sp³-hybridized carbons (Fsp3) is 0.417. The number of rotatable bonds is 4. The quantitative estimate of drug-likeness (QED) is 0.827. The third-order valence-corrected chi connectivity index (χ3v) is 2.20. The summed E-state index contributed by atoms with van der Waals surface area (Å²) in [5, 5.41) is 11.4. The van der Waals surface area contributed by atoms with E-state index in [2.05, 4.69) is 10.3 Å². The van der Waals surface area contributed by atoms with Gasteiger partial charge in [-0.25, -0.2) is 0 Å². The molecule has 1 rings (SSSR count). The van der Waals surface area contributed by atoms with E-state index < -0.39 is 11.5 Å². The molecule has 17 heavy (non-hydrogen) atoms. The highest BCUT2D eigenvalue weighted by Crippen LogP contribution is 2.10. The van der Waals surface area contributed by atoms with Gasteiger partial charge in [0.2, 0.25) is 0 Å². The van der Waals surface area contributed by atoms with Crippen molar-refractivity contribution < 1.29 is 14.7 Å². The third kappa shape index (κ3) is 4.22. The predicted molar refractivity (Wildman–Crippen MR) is 62.8 cm³/mol. The second kappa shape index (κ2) is 4.95. The van der Waals surface area contributed by atoms with Gasteiger partial charge in [0, 0.05) is 23.0 Å². The van der Waals surface area contributed by atoms with Gasteiger partial charge in [-0.1, -0.05) is 0 Å². The predicted octanol–water partition coefficient (Wildman–Crippen LogP) is 1.37. The molecule has 0 unspecified atom stereocenters. The lowest BCUT2D eigenvalue weighted by atomic mass is 10.00. The minimum absolute atomic E-state index is 0.122. The Balaban J connectivity index is 2.75. The van der Waals surface area contributed by atoms with Crippen molar-refractivity contribution in [1.82, 2.24) is 10.3 Å². The van der Waals surface area contributed by atoms with E-state index in [0.717, 1.165) is 5.69 Å². The van der Waals surface area contributed by atoms with Crippen molar-refractivity contribution >= 4 is 11.9 Å². The SMILES string of the molecule is Cc1cc(C(=O)NC(C)(C)CC(=O)O)ccn1. The molecule has 0 aliphatic rings. The molecule has 1 heterocycles. The van der Waals surface area contributed by atoms with Crippen molar-refractivity contribution in [2.45, 2.75) is 32.7 Å². The number of hydrogen-bond donors (Lipinski definition) is 2. The summed E-state index contributed by atoms with van der Waals surface area (Å²) in [6, 6.07) is 3.26. The zero-order chi connectivity index (χ0) is 13.1. The average molecular weight is 236 g/mol. The zero-order valence-corrected chi connectivity index (χ0v) is 10.2. The maximum absolute atomic E-state index is 11.9. The van der Waals surface area contributed by atoms with Crippen LogP contribution in [0.4, 0.5) is 0 Å². The summed E-state index contributed by atoms with van der Waals surface area (Å²) in [5.41, 5.74) is 0.449. The largest absolute Gasteiger partial charge is 0.481 e. The molecule has 0 bridgehead atoms. The first-order valence-corrected chi connectivity index (χ1v) is 5.27. The Kier molecular flexibility index (Phi) is 3.83. The van der Waals surface area contributed by atoms with Crippen LogP contribution in [0.1, 0.15) is 36.3 Å². The molecule has 0 atom stereocenters. The minimum Gasteiger partial charge on any atom is -0.481 e. The number of nitrogens with zero attached hydrogens (tertiary/aromatic N) is 1. The Bertz CT molecular complexity index is 441. The Morgan fingerprint density at radius 2 is 2.12 bits per heavy atom. The van der Waals surface area contributed by atoms with Crippen LogP contribution in [0.2, 0.25) is 0 Å². The summed E-state index contributed by atoms with van der Waals surface area (Å²) in [7, 11) is 0. The number of hydrogen-bond acceptors (Lipinski definition) is 3. The highest BCUT2D eigenvalue weighted by molar-refractivity contribution is 5.94. The number of amides is 1. The molecule has 0 fully saturated rings. The molecule has 0 aromatic carbocycles. The van der Waals surface area contributed by atoms with Crippen LogP contribution in [0.5, 0.6) is 0 Å². The van der Waals surface area contributed by atoms with E-state index in [1.165, 1.54) is 0 Å². The molecule has 5 heteroatoms. The molecule has 0 saturated heterocycles. The van der Waals surface area contributed by atoms with Crippen LogP contribution in [0.15, 0.2) is 18.3 Å². The topological polar surface area (TPSA) is 79.3 Å². The van der Waals surface area contributed by atoms with E-state index in [1.807, 2.05) is 0 Å². The molecular weight excluding hydrogens is 220 g/mol. The van der Waals surface area contributed by atoms with Crippen LogP contribution in [0.3, 0.4) is 0 Å². The molecule has 1 amide bonds. The first-order valence-electron chi connectivity index (χ1n) is 5.27. The van der Waals surface area contributed by atoms with Gasteiger partial charge in [-0.05, 0) is 32.9 Å². The van der Waals surface area contributed by atoms with Gasteiger partial charge >= 0.3 is 5.97 Å². The molecule has 92 valence electrons. The van der Waals surface area contributed by atoms with Crippen molar-refractivity contribution in [2.24, 2.45) is 0 Å². The number of pyridine rings is 1. The average Bonchev–Trinajstić information content (AvgIpc) is 2.14.